The first-order chi connectivity index (χ1) is 10.0. The van der Waals surface area contributed by atoms with E-state index in [1.54, 1.807) is 24.3 Å². The maximum absolute atomic E-state index is 13.8. The maximum Gasteiger partial charge on any atom is 0.228 e. The average molecular weight is 286 g/mol. The number of aryl methyl sites for hydroxylation is 1. The summed E-state index contributed by atoms with van der Waals surface area (Å²) in [5.74, 6) is -2.11. The summed E-state index contributed by atoms with van der Waals surface area (Å²) in [5, 5.41) is 10.9. The second kappa shape index (κ2) is 6.14. The molecule has 0 aliphatic carbocycles. The summed E-state index contributed by atoms with van der Waals surface area (Å²) in [6.07, 6.45) is -0.0292. The van der Waals surface area contributed by atoms with E-state index in [-0.39, 0.29) is 12.0 Å². The fourth-order valence-corrected chi connectivity index (χ4v) is 1.84. The monoisotopic (exact) mass is 286 g/mol. The topological polar surface area (TPSA) is 52.9 Å². The van der Waals surface area contributed by atoms with Gasteiger partial charge in [-0.2, -0.15) is 5.26 Å². The van der Waals surface area contributed by atoms with E-state index >= 15 is 0 Å². The summed E-state index contributed by atoms with van der Waals surface area (Å²) < 4.78 is 27.3. The van der Waals surface area contributed by atoms with Crippen LogP contribution < -0.4 is 5.32 Å². The molecule has 0 radical (unpaired) electrons. The van der Waals surface area contributed by atoms with E-state index in [0.717, 1.165) is 6.07 Å². The third-order valence-electron chi connectivity index (χ3n) is 3.00. The standard InChI is InChI=1S/C16H12F2N2O/c1-10-2-7-13(17)16(15(10)18)20-14(21)8-11-3-5-12(9-19)6-4-11/h2-7H,8H2,1H3,(H,20,21). The van der Waals surface area contributed by atoms with Gasteiger partial charge in [0.15, 0.2) is 5.82 Å². The fourth-order valence-electron chi connectivity index (χ4n) is 1.84. The van der Waals surface area contributed by atoms with E-state index in [1.807, 2.05) is 6.07 Å². The molecule has 2 aromatic rings. The van der Waals surface area contributed by atoms with Crippen LogP contribution in [-0.4, -0.2) is 5.91 Å². The highest BCUT2D eigenvalue weighted by atomic mass is 19.1. The van der Waals surface area contributed by atoms with E-state index in [2.05, 4.69) is 5.32 Å². The first-order valence-electron chi connectivity index (χ1n) is 6.24. The van der Waals surface area contributed by atoms with E-state index < -0.39 is 23.2 Å². The van der Waals surface area contributed by atoms with Crippen molar-refractivity contribution in [3.63, 3.8) is 0 Å². The summed E-state index contributed by atoms with van der Waals surface area (Å²) in [6.45, 7) is 1.49. The van der Waals surface area contributed by atoms with E-state index in [9.17, 15) is 13.6 Å². The molecule has 0 fully saturated rings. The largest absolute Gasteiger partial charge is 0.321 e. The minimum atomic E-state index is -0.814. The molecule has 0 atom stereocenters. The molecule has 0 spiro atoms. The Morgan fingerprint density at radius 2 is 1.86 bits per heavy atom. The Morgan fingerprint density at radius 1 is 1.19 bits per heavy atom. The highest BCUT2D eigenvalue weighted by molar-refractivity contribution is 5.92. The zero-order chi connectivity index (χ0) is 15.4. The number of nitriles is 1. The normalized spacial score (nSPS) is 10.0. The Hall–Kier alpha value is -2.74. The lowest BCUT2D eigenvalue weighted by molar-refractivity contribution is -0.115. The maximum atomic E-state index is 13.8. The van der Waals surface area contributed by atoms with Gasteiger partial charge in [-0.15, -0.1) is 0 Å². The molecule has 3 nitrogen and oxygen atoms in total. The molecule has 0 aliphatic rings. The van der Waals surface area contributed by atoms with Gasteiger partial charge in [0.05, 0.1) is 18.1 Å². The second-order valence-corrected chi connectivity index (χ2v) is 4.59. The van der Waals surface area contributed by atoms with Crippen LogP contribution in [0.3, 0.4) is 0 Å². The number of hydrogen-bond acceptors (Lipinski definition) is 2. The number of rotatable bonds is 3. The highest BCUT2D eigenvalue weighted by Crippen LogP contribution is 2.21. The van der Waals surface area contributed by atoms with Gasteiger partial charge in [0, 0.05) is 0 Å². The van der Waals surface area contributed by atoms with Gasteiger partial charge in [-0.3, -0.25) is 4.79 Å². The van der Waals surface area contributed by atoms with Crippen molar-refractivity contribution in [2.45, 2.75) is 13.3 Å². The number of nitrogens with one attached hydrogen (secondary N) is 1. The molecule has 106 valence electrons. The average Bonchev–Trinajstić information content (AvgIpc) is 2.48. The molecule has 1 N–H and O–H groups in total. The summed E-state index contributed by atoms with van der Waals surface area (Å²) in [5.41, 5.74) is 0.952. The van der Waals surface area contributed by atoms with Crippen LogP contribution in [0.2, 0.25) is 0 Å². The van der Waals surface area contributed by atoms with Crippen molar-refractivity contribution in [2.75, 3.05) is 5.32 Å². The zero-order valence-electron chi connectivity index (χ0n) is 11.3. The SMILES string of the molecule is Cc1ccc(F)c(NC(=O)Cc2ccc(C#N)cc2)c1F. The molecule has 2 rings (SSSR count). The molecule has 1 amide bonds. The van der Waals surface area contributed by atoms with Crippen LogP contribution in [0.1, 0.15) is 16.7 Å². The van der Waals surface area contributed by atoms with Gasteiger partial charge in [0.1, 0.15) is 11.5 Å². The van der Waals surface area contributed by atoms with Crippen molar-refractivity contribution in [1.29, 1.82) is 5.26 Å². The summed E-state index contributed by atoms with van der Waals surface area (Å²) in [4.78, 5) is 11.8. The molecular weight excluding hydrogens is 274 g/mol. The van der Waals surface area contributed by atoms with E-state index in [4.69, 9.17) is 5.26 Å². The molecule has 0 heterocycles. The molecule has 0 aromatic heterocycles. The molecule has 0 unspecified atom stereocenters. The number of amides is 1. The molecule has 21 heavy (non-hydrogen) atoms. The minimum Gasteiger partial charge on any atom is -0.321 e. The van der Waals surface area contributed by atoms with Crippen LogP contribution >= 0.6 is 0 Å². The number of nitrogens with zero attached hydrogens (tertiary/aromatic N) is 1. The summed E-state index contributed by atoms with van der Waals surface area (Å²) >= 11 is 0. The highest BCUT2D eigenvalue weighted by Gasteiger charge is 2.14. The number of hydrogen-bond donors (Lipinski definition) is 1. The third kappa shape index (κ3) is 3.42. The number of carbonyl (C=O) groups is 1. The Kier molecular flexibility index (Phi) is 4.29. The van der Waals surface area contributed by atoms with E-state index in [1.165, 1.54) is 13.0 Å². The summed E-state index contributed by atoms with van der Waals surface area (Å²) in [6, 6.07) is 10.8. The molecule has 5 heteroatoms. The van der Waals surface area contributed by atoms with Gasteiger partial charge >= 0.3 is 0 Å². The lowest BCUT2D eigenvalue weighted by Crippen LogP contribution is -2.16. The van der Waals surface area contributed by atoms with Crippen LogP contribution in [0.15, 0.2) is 36.4 Å². The van der Waals surface area contributed by atoms with Crippen LogP contribution in [0.25, 0.3) is 0 Å². The van der Waals surface area contributed by atoms with Crippen LogP contribution in [-0.2, 0) is 11.2 Å². The number of carbonyl (C=O) groups excluding carboxylic acids is 1. The summed E-state index contributed by atoms with van der Waals surface area (Å²) in [7, 11) is 0. The van der Waals surface area contributed by atoms with Gasteiger partial charge < -0.3 is 5.32 Å². The second-order valence-electron chi connectivity index (χ2n) is 4.59. The molecule has 0 aliphatic heterocycles. The Bertz CT molecular complexity index is 718. The molecular formula is C16H12F2N2O. The van der Waals surface area contributed by atoms with Gasteiger partial charge in [0.25, 0.3) is 0 Å². The number of benzene rings is 2. The number of anilines is 1. The van der Waals surface area contributed by atoms with Crippen molar-refractivity contribution >= 4 is 11.6 Å². The van der Waals surface area contributed by atoms with Crippen molar-refractivity contribution < 1.29 is 13.6 Å². The van der Waals surface area contributed by atoms with Crippen molar-refractivity contribution in [2.24, 2.45) is 0 Å². The van der Waals surface area contributed by atoms with Gasteiger partial charge in [0.2, 0.25) is 5.91 Å². The molecule has 0 bridgehead atoms. The van der Waals surface area contributed by atoms with Crippen LogP contribution in [0.5, 0.6) is 0 Å². The Labute approximate surface area is 120 Å². The number of halogens is 2. The molecule has 0 saturated carbocycles. The van der Waals surface area contributed by atoms with Crippen molar-refractivity contribution in [3.05, 3.63) is 64.7 Å². The van der Waals surface area contributed by atoms with Gasteiger partial charge in [-0.1, -0.05) is 18.2 Å². The van der Waals surface area contributed by atoms with Gasteiger partial charge in [-0.05, 0) is 36.2 Å². The van der Waals surface area contributed by atoms with Crippen LogP contribution in [0, 0.1) is 29.9 Å². The van der Waals surface area contributed by atoms with E-state index in [0.29, 0.717) is 11.1 Å². The molecule has 0 saturated heterocycles. The zero-order valence-corrected chi connectivity index (χ0v) is 11.3. The molecule has 2 aromatic carbocycles. The predicted molar refractivity (Wildman–Crippen MR) is 74.6 cm³/mol. The Morgan fingerprint density at radius 3 is 2.48 bits per heavy atom. The first kappa shape index (κ1) is 14.7. The van der Waals surface area contributed by atoms with Crippen LogP contribution in [0.4, 0.5) is 14.5 Å². The third-order valence-corrected chi connectivity index (χ3v) is 3.00. The van der Waals surface area contributed by atoms with Gasteiger partial charge in [-0.25, -0.2) is 8.78 Å². The predicted octanol–water partition coefficient (Wildman–Crippen LogP) is 3.33. The quantitative estimate of drug-likeness (QED) is 0.941. The smallest absolute Gasteiger partial charge is 0.228 e. The first-order valence-corrected chi connectivity index (χ1v) is 6.24. The fraction of sp³-hybridized carbons (Fsp3) is 0.125. The minimum absolute atomic E-state index is 0.0292. The van der Waals surface area contributed by atoms with Crippen molar-refractivity contribution in [1.82, 2.24) is 0 Å². The lowest BCUT2D eigenvalue weighted by atomic mass is 10.1. The lowest BCUT2D eigenvalue weighted by Gasteiger charge is -2.09. The van der Waals surface area contributed by atoms with Crippen molar-refractivity contribution in [3.8, 4) is 6.07 Å². The Balaban J connectivity index is 2.12.